The van der Waals surface area contributed by atoms with Gasteiger partial charge in [-0.05, 0) is 44.0 Å². The van der Waals surface area contributed by atoms with Crippen molar-refractivity contribution in [2.45, 2.75) is 20.8 Å². The molecular formula is C11H13ClO2. The van der Waals surface area contributed by atoms with Crippen molar-refractivity contribution >= 4 is 17.6 Å². The third kappa shape index (κ3) is 2.07. The molecule has 0 bridgehead atoms. The van der Waals surface area contributed by atoms with Crippen molar-refractivity contribution in [3.05, 3.63) is 33.8 Å². The number of ether oxygens (including phenoxy) is 1. The quantitative estimate of drug-likeness (QED) is 0.704. The van der Waals surface area contributed by atoms with Gasteiger partial charge in [-0.1, -0.05) is 11.6 Å². The standard InChI is InChI=1S/C11H13ClO2/c1-4-14-11(13)9-5-6-10(12)8(3)7(9)2/h5-6H,4H2,1-3H3. The van der Waals surface area contributed by atoms with Crippen LogP contribution in [0.25, 0.3) is 0 Å². The molecule has 76 valence electrons. The molecule has 2 nitrogen and oxygen atoms in total. The van der Waals surface area contributed by atoms with Gasteiger partial charge >= 0.3 is 5.97 Å². The molecule has 0 heterocycles. The minimum atomic E-state index is -0.287. The lowest BCUT2D eigenvalue weighted by Gasteiger charge is -2.08. The molecule has 0 radical (unpaired) electrons. The average Bonchev–Trinajstić information content (AvgIpc) is 2.15. The molecule has 0 aliphatic heterocycles. The summed E-state index contributed by atoms with van der Waals surface area (Å²) in [5.74, 6) is -0.287. The summed E-state index contributed by atoms with van der Waals surface area (Å²) < 4.78 is 4.92. The number of rotatable bonds is 2. The Labute approximate surface area is 88.8 Å². The molecule has 0 spiro atoms. The molecule has 1 aromatic rings. The number of carbonyl (C=O) groups is 1. The van der Waals surface area contributed by atoms with E-state index in [1.165, 1.54) is 0 Å². The van der Waals surface area contributed by atoms with Crippen molar-refractivity contribution in [3.63, 3.8) is 0 Å². The summed E-state index contributed by atoms with van der Waals surface area (Å²) >= 11 is 5.92. The largest absolute Gasteiger partial charge is 0.462 e. The van der Waals surface area contributed by atoms with E-state index in [4.69, 9.17) is 16.3 Å². The first kappa shape index (κ1) is 11.1. The molecule has 0 atom stereocenters. The van der Waals surface area contributed by atoms with Crippen LogP contribution in [-0.4, -0.2) is 12.6 Å². The van der Waals surface area contributed by atoms with Crippen molar-refractivity contribution in [2.75, 3.05) is 6.61 Å². The van der Waals surface area contributed by atoms with Crippen LogP contribution in [0.5, 0.6) is 0 Å². The first-order chi connectivity index (χ1) is 6.57. The summed E-state index contributed by atoms with van der Waals surface area (Å²) in [5, 5.41) is 0.676. The number of benzene rings is 1. The topological polar surface area (TPSA) is 26.3 Å². The van der Waals surface area contributed by atoms with Gasteiger partial charge < -0.3 is 4.74 Å². The highest BCUT2D eigenvalue weighted by Gasteiger charge is 2.12. The van der Waals surface area contributed by atoms with E-state index in [1.807, 2.05) is 13.8 Å². The molecule has 0 unspecified atom stereocenters. The SMILES string of the molecule is CCOC(=O)c1ccc(Cl)c(C)c1C. The van der Waals surface area contributed by atoms with Gasteiger partial charge in [-0.15, -0.1) is 0 Å². The third-order valence-corrected chi connectivity index (χ3v) is 2.63. The molecule has 3 heteroatoms. The molecule has 1 rings (SSSR count). The summed E-state index contributed by atoms with van der Waals surface area (Å²) in [7, 11) is 0. The zero-order valence-corrected chi connectivity index (χ0v) is 9.31. The average molecular weight is 213 g/mol. The number of esters is 1. The smallest absolute Gasteiger partial charge is 0.338 e. The Kier molecular flexibility index (Phi) is 3.53. The lowest BCUT2D eigenvalue weighted by atomic mass is 10.0. The van der Waals surface area contributed by atoms with Gasteiger partial charge in [0.2, 0.25) is 0 Å². The predicted molar refractivity (Wildman–Crippen MR) is 56.9 cm³/mol. The molecule has 0 amide bonds. The highest BCUT2D eigenvalue weighted by Crippen LogP contribution is 2.22. The molecule has 1 aromatic carbocycles. The molecule has 0 saturated carbocycles. The minimum absolute atomic E-state index is 0.287. The van der Waals surface area contributed by atoms with E-state index in [1.54, 1.807) is 19.1 Å². The predicted octanol–water partition coefficient (Wildman–Crippen LogP) is 3.13. The van der Waals surface area contributed by atoms with Crippen molar-refractivity contribution < 1.29 is 9.53 Å². The molecule has 0 aliphatic rings. The maximum absolute atomic E-state index is 11.5. The maximum Gasteiger partial charge on any atom is 0.338 e. The van der Waals surface area contributed by atoms with Crippen LogP contribution < -0.4 is 0 Å². The van der Waals surface area contributed by atoms with Crippen LogP contribution in [0.2, 0.25) is 5.02 Å². The van der Waals surface area contributed by atoms with Gasteiger partial charge in [0.1, 0.15) is 0 Å². The second-order valence-electron chi connectivity index (χ2n) is 3.07. The molecule has 0 aromatic heterocycles. The van der Waals surface area contributed by atoms with E-state index in [-0.39, 0.29) is 5.97 Å². The number of carbonyl (C=O) groups excluding carboxylic acids is 1. The highest BCUT2D eigenvalue weighted by molar-refractivity contribution is 6.31. The van der Waals surface area contributed by atoms with E-state index < -0.39 is 0 Å². The van der Waals surface area contributed by atoms with Crippen molar-refractivity contribution in [1.82, 2.24) is 0 Å². The Morgan fingerprint density at radius 1 is 1.36 bits per heavy atom. The molecule has 0 aliphatic carbocycles. The monoisotopic (exact) mass is 212 g/mol. The van der Waals surface area contributed by atoms with Gasteiger partial charge in [0.15, 0.2) is 0 Å². The van der Waals surface area contributed by atoms with Crippen molar-refractivity contribution in [3.8, 4) is 0 Å². The van der Waals surface area contributed by atoms with Crippen LogP contribution in [0, 0.1) is 13.8 Å². The van der Waals surface area contributed by atoms with Gasteiger partial charge in [-0.2, -0.15) is 0 Å². The second kappa shape index (κ2) is 4.47. The van der Waals surface area contributed by atoms with E-state index in [2.05, 4.69) is 0 Å². The Morgan fingerprint density at radius 3 is 2.57 bits per heavy atom. The van der Waals surface area contributed by atoms with Crippen molar-refractivity contribution in [1.29, 1.82) is 0 Å². The number of halogens is 1. The zero-order chi connectivity index (χ0) is 10.7. The van der Waals surface area contributed by atoms with E-state index in [9.17, 15) is 4.79 Å². The number of hydrogen-bond acceptors (Lipinski definition) is 2. The van der Waals surface area contributed by atoms with Crippen LogP contribution in [0.4, 0.5) is 0 Å². The van der Waals surface area contributed by atoms with E-state index >= 15 is 0 Å². The van der Waals surface area contributed by atoms with Gasteiger partial charge in [-0.3, -0.25) is 0 Å². The summed E-state index contributed by atoms with van der Waals surface area (Å²) in [6.45, 7) is 5.93. The number of hydrogen-bond donors (Lipinski definition) is 0. The zero-order valence-electron chi connectivity index (χ0n) is 8.56. The molecule has 0 fully saturated rings. The van der Waals surface area contributed by atoms with Gasteiger partial charge in [-0.25, -0.2) is 4.79 Å². The van der Waals surface area contributed by atoms with Crippen LogP contribution in [0.1, 0.15) is 28.4 Å². The highest BCUT2D eigenvalue weighted by atomic mass is 35.5. The Hall–Kier alpha value is -1.02. The molecule has 14 heavy (non-hydrogen) atoms. The summed E-state index contributed by atoms with van der Waals surface area (Å²) in [5.41, 5.74) is 2.40. The lowest BCUT2D eigenvalue weighted by molar-refractivity contribution is 0.0525. The summed E-state index contributed by atoms with van der Waals surface area (Å²) in [6, 6.07) is 3.42. The van der Waals surface area contributed by atoms with Crippen molar-refractivity contribution in [2.24, 2.45) is 0 Å². The Balaban J connectivity index is 3.11. The fraction of sp³-hybridized carbons (Fsp3) is 0.364. The Morgan fingerprint density at radius 2 is 2.00 bits per heavy atom. The summed E-state index contributed by atoms with van der Waals surface area (Å²) in [6.07, 6.45) is 0. The van der Waals surface area contributed by atoms with Crippen LogP contribution in [0.15, 0.2) is 12.1 Å². The minimum Gasteiger partial charge on any atom is -0.462 e. The van der Waals surface area contributed by atoms with E-state index in [0.29, 0.717) is 17.2 Å². The van der Waals surface area contributed by atoms with Gasteiger partial charge in [0.25, 0.3) is 0 Å². The fourth-order valence-corrected chi connectivity index (χ4v) is 1.42. The van der Waals surface area contributed by atoms with E-state index in [0.717, 1.165) is 11.1 Å². The second-order valence-corrected chi connectivity index (χ2v) is 3.47. The van der Waals surface area contributed by atoms with Crippen LogP contribution >= 0.6 is 11.6 Å². The molecular weight excluding hydrogens is 200 g/mol. The van der Waals surface area contributed by atoms with Crippen LogP contribution in [-0.2, 0) is 4.74 Å². The van der Waals surface area contributed by atoms with Gasteiger partial charge in [0.05, 0.1) is 12.2 Å². The van der Waals surface area contributed by atoms with Crippen LogP contribution in [0.3, 0.4) is 0 Å². The maximum atomic E-state index is 11.5. The van der Waals surface area contributed by atoms with Gasteiger partial charge in [0, 0.05) is 5.02 Å². The molecule has 0 saturated heterocycles. The lowest BCUT2D eigenvalue weighted by Crippen LogP contribution is -2.07. The normalized spacial score (nSPS) is 10.0. The fourth-order valence-electron chi connectivity index (χ4n) is 1.22. The Bertz CT molecular complexity index is 359. The molecule has 0 N–H and O–H groups in total. The first-order valence-corrected chi connectivity index (χ1v) is 4.88. The summed E-state index contributed by atoms with van der Waals surface area (Å²) in [4.78, 5) is 11.5. The first-order valence-electron chi connectivity index (χ1n) is 4.50. The third-order valence-electron chi connectivity index (χ3n) is 2.22.